The molecule has 0 unspecified atom stereocenters. The summed E-state index contributed by atoms with van der Waals surface area (Å²) in [5, 5.41) is 17.7. The molecule has 0 spiro atoms. The van der Waals surface area contributed by atoms with E-state index in [4.69, 9.17) is 10.4 Å². The lowest BCUT2D eigenvalue weighted by Gasteiger charge is -2.13. The van der Waals surface area contributed by atoms with E-state index >= 15 is 0 Å². The summed E-state index contributed by atoms with van der Waals surface area (Å²) in [5.74, 6) is -1.41. The second-order valence-electron chi connectivity index (χ2n) is 4.90. The normalized spacial score (nSPS) is 16.6. The van der Waals surface area contributed by atoms with Crippen LogP contribution in [0.4, 0.5) is 0 Å². The van der Waals surface area contributed by atoms with Crippen LogP contribution in [0.5, 0.6) is 0 Å². The van der Waals surface area contributed by atoms with Crippen molar-refractivity contribution in [1.29, 1.82) is 5.26 Å². The van der Waals surface area contributed by atoms with Gasteiger partial charge >= 0.3 is 5.97 Å². The first-order chi connectivity index (χ1) is 8.90. The monoisotopic (exact) mass is 279 g/mol. The SMILES string of the molecule is N#CCC1(CS(=O)(=O)c2ccccc2C(=O)O)CC1. The quantitative estimate of drug-likeness (QED) is 0.887. The van der Waals surface area contributed by atoms with Crippen molar-refractivity contribution in [3.63, 3.8) is 0 Å². The molecule has 0 heterocycles. The smallest absolute Gasteiger partial charge is 0.337 e. The number of benzene rings is 1. The number of carbonyl (C=O) groups is 1. The molecule has 1 fully saturated rings. The number of sulfone groups is 1. The molecule has 2 rings (SSSR count). The van der Waals surface area contributed by atoms with Gasteiger partial charge in [0.2, 0.25) is 0 Å². The summed E-state index contributed by atoms with van der Waals surface area (Å²) in [6.07, 6.45) is 1.60. The molecule has 100 valence electrons. The second-order valence-corrected chi connectivity index (χ2v) is 6.85. The zero-order chi connectivity index (χ0) is 14.1. The first-order valence-corrected chi connectivity index (χ1v) is 7.47. The van der Waals surface area contributed by atoms with Gasteiger partial charge in [-0.15, -0.1) is 0 Å². The number of rotatable bonds is 5. The summed E-state index contributed by atoms with van der Waals surface area (Å²) in [6.45, 7) is 0. The molecular formula is C13H13NO4S. The third-order valence-corrected chi connectivity index (χ3v) is 5.38. The fourth-order valence-corrected chi connectivity index (χ4v) is 4.24. The highest BCUT2D eigenvalue weighted by Crippen LogP contribution is 2.50. The lowest BCUT2D eigenvalue weighted by Crippen LogP contribution is -2.19. The first-order valence-electron chi connectivity index (χ1n) is 5.82. The third kappa shape index (κ3) is 2.76. The maximum absolute atomic E-state index is 12.3. The van der Waals surface area contributed by atoms with E-state index < -0.39 is 21.2 Å². The van der Waals surface area contributed by atoms with E-state index in [-0.39, 0.29) is 22.6 Å². The van der Waals surface area contributed by atoms with Crippen LogP contribution in [-0.4, -0.2) is 25.2 Å². The van der Waals surface area contributed by atoms with Crippen LogP contribution in [0.1, 0.15) is 29.6 Å². The summed E-state index contributed by atoms with van der Waals surface area (Å²) < 4.78 is 24.6. The largest absolute Gasteiger partial charge is 0.478 e. The van der Waals surface area contributed by atoms with E-state index in [0.29, 0.717) is 12.8 Å². The first kappa shape index (κ1) is 13.6. The van der Waals surface area contributed by atoms with Crippen LogP contribution in [0.25, 0.3) is 0 Å². The Bertz CT molecular complexity index is 653. The number of hydrogen-bond acceptors (Lipinski definition) is 4. The third-order valence-electron chi connectivity index (χ3n) is 3.36. The molecule has 6 heteroatoms. The fourth-order valence-electron chi connectivity index (χ4n) is 2.11. The summed E-state index contributed by atoms with van der Waals surface area (Å²) in [6, 6.07) is 7.58. The lowest BCUT2D eigenvalue weighted by molar-refractivity contribution is 0.0692. The van der Waals surface area contributed by atoms with Gasteiger partial charge in [0.1, 0.15) is 0 Å². The number of aromatic carboxylic acids is 1. The van der Waals surface area contributed by atoms with Gasteiger partial charge in [0, 0.05) is 6.42 Å². The molecule has 19 heavy (non-hydrogen) atoms. The Morgan fingerprint density at radius 2 is 2.00 bits per heavy atom. The standard InChI is InChI=1S/C13H13NO4S/c14-8-7-13(5-6-13)9-19(17,18)11-4-2-1-3-10(11)12(15)16/h1-4H,5-7,9H2,(H,15,16). The predicted octanol–water partition coefficient (Wildman–Crippen LogP) is 1.85. The number of carboxylic acids is 1. The summed E-state index contributed by atoms with van der Waals surface area (Å²) >= 11 is 0. The zero-order valence-electron chi connectivity index (χ0n) is 10.2. The summed E-state index contributed by atoms with van der Waals surface area (Å²) in [5.41, 5.74) is -0.686. The number of nitrogens with zero attached hydrogens (tertiary/aromatic N) is 1. The second kappa shape index (κ2) is 4.67. The molecule has 5 nitrogen and oxygen atoms in total. The molecule has 0 aromatic heterocycles. The fraction of sp³-hybridized carbons (Fsp3) is 0.385. The van der Waals surface area contributed by atoms with Crippen molar-refractivity contribution in [3.8, 4) is 6.07 Å². The Morgan fingerprint density at radius 3 is 2.53 bits per heavy atom. The van der Waals surface area contributed by atoms with Gasteiger partial charge < -0.3 is 5.11 Å². The average molecular weight is 279 g/mol. The van der Waals surface area contributed by atoms with Crippen LogP contribution in [0.3, 0.4) is 0 Å². The summed E-state index contributed by atoms with van der Waals surface area (Å²) in [4.78, 5) is 10.9. The predicted molar refractivity (Wildman–Crippen MR) is 67.4 cm³/mol. The molecule has 1 aromatic rings. The van der Waals surface area contributed by atoms with Crippen molar-refractivity contribution in [2.45, 2.75) is 24.2 Å². The highest BCUT2D eigenvalue weighted by atomic mass is 32.2. The van der Waals surface area contributed by atoms with Crippen LogP contribution < -0.4 is 0 Å². The Morgan fingerprint density at radius 1 is 1.37 bits per heavy atom. The maximum Gasteiger partial charge on any atom is 0.337 e. The van der Waals surface area contributed by atoms with Crippen LogP contribution in [-0.2, 0) is 9.84 Å². The van der Waals surface area contributed by atoms with Crippen LogP contribution >= 0.6 is 0 Å². The van der Waals surface area contributed by atoms with Crippen molar-refractivity contribution < 1.29 is 18.3 Å². The Hall–Kier alpha value is -1.87. The van der Waals surface area contributed by atoms with E-state index in [9.17, 15) is 13.2 Å². The Kier molecular flexibility index (Phi) is 3.33. The maximum atomic E-state index is 12.3. The molecule has 1 N–H and O–H groups in total. The molecule has 1 aliphatic rings. The van der Waals surface area contributed by atoms with E-state index in [2.05, 4.69) is 0 Å². The lowest BCUT2D eigenvalue weighted by atomic mass is 10.1. The summed E-state index contributed by atoms with van der Waals surface area (Å²) in [7, 11) is -3.69. The zero-order valence-corrected chi connectivity index (χ0v) is 11.0. The molecule has 0 atom stereocenters. The number of nitriles is 1. The molecule has 1 saturated carbocycles. The van der Waals surface area contributed by atoms with Gasteiger partial charge in [-0.25, -0.2) is 13.2 Å². The van der Waals surface area contributed by atoms with Crippen LogP contribution in [0.2, 0.25) is 0 Å². The van der Waals surface area contributed by atoms with Crippen LogP contribution in [0.15, 0.2) is 29.2 Å². The van der Waals surface area contributed by atoms with Gasteiger partial charge in [-0.3, -0.25) is 0 Å². The van der Waals surface area contributed by atoms with E-state index in [1.807, 2.05) is 6.07 Å². The highest BCUT2D eigenvalue weighted by Gasteiger charge is 2.46. The average Bonchev–Trinajstić information content (AvgIpc) is 3.08. The van der Waals surface area contributed by atoms with Crippen molar-refractivity contribution in [1.82, 2.24) is 0 Å². The molecular weight excluding hydrogens is 266 g/mol. The highest BCUT2D eigenvalue weighted by molar-refractivity contribution is 7.91. The molecule has 0 saturated heterocycles. The van der Waals surface area contributed by atoms with Crippen molar-refractivity contribution in [2.24, 2.45) is 5.41 Å². The van der Waals surface area contributed by atoms with E-state index in [1.54, 1.807) is 0 Å². The Labute approximate surface area is 111 Å². The van der Waals surface area contributed by atoms with E-state index in [1.165, 1.54) is 24.3 Å². The van der Waals surface area contributed by atoms with E-state index in [0.717, 1.165) is 0 Å². The number of carboxylic acid groups (broad SMARTS) is 1. The molecule has 1 aliphatic carbocycles. The molecule has 1 aromatic carbocycles. The van der Waals surface area contributed by atoms with Gasteiger partial charge in [-0.1, -0.05) is 12.1 Å². The minimum absolute atomic E-state index is 0.155. The minimum Gasteiger partial charge on any atom is -0.478 e. The molecule has 0 bridgehead atoms. The molecule has 0 aliphatic heterocycles. The van der Waals surface area contributed by atoms with Crippen molar-refractivity contribution >= 4 is 15.8 Å². The van der Waals surface area contributed by atoms with Gasteiger partial charge in [0.15, 0.2) is 9.84 Å². The van der Waals surface area contributed by atoms with Gasteiger partial charge in [0.05, 0.1) is 22.3 Å². The van der Waals surface area contributed by atoms with Crippen molar-refractivity contribution in [2.75, 3.05) is 5.75 Å². The van der Waals surface area contributed by atoms with Gasteiger partial charge in [-0.2, -0.15) is 5.26 Å². The van der Waals surface area contributed by atoms with Gasteiger partial charge in [-0.05, 0) is 30.4 Å². The van der Waals surface area contributed by atoms with Gasteiger partial charge in [0.25, 0.3) is 0 Å². The Balaban J connectivity index is 2.36. The topological polar surface area (TPSA) is 95.2 Å². The van der Waals surface area contributed by atoms with Crippen LogP contribution in [0, 0.1) is 16.7 Å². The minimum atomic E-state index is -3.69. The van der Waals surface area contributed by atoms with Crippen molar-refractivity contribution in [3.05, 3.63) is 29.8 Å². The molecule has 0 radical (unpaired) electrons. The molecule has 0 amide bonds. The number of hydrogen-bond donors (Lipinski definition) is 1.